The molecule has 3 aromatic rings. The number of fused-ring (bicyclic) bond motifs is 8. The molecule has 1 amide bonds. The Kier molecular flexibility index (Phi) is 21.6. The van der Waals surface area contributed by atoms with Crippen LogP contribution >= 0.6 is 0 Å². The number of unbranched alkanes of at least 4 members (excludes halogenated alkanes) is 2. The highest BCUT2D eigenvalue weighted by atomic mass is 16.5. The number of carbonyl (C=O) groups excluding carboxylic acids is 1. The summed E-state index contributed by atoms with van der Waals surface area (Å²) in [6, 6.07) is 12.3. The van der Waals surface area contributed by atoms with E-state index in [4.69, 9.17) is 27.9 Å². The third-order valence-corrected chi connectivity index (χ3v) is 17.8. The predicted molar refractivity (Wildman–Crippen MR) is 337 cm³/mol. The molecule has 0 saturated heterocycles. The first kappa shape index (κ1) is 66.5. The topological polar surface area (TPSA) is 295 Å². The van der Waals surface area contributed by atoms with Crippen molar-refractivity contribution >= 4 is 86.2 Å². The highest BCUT2D eigenvalue weighted by Crippen LogP contribution is 2.54. The largest absolute Gasteiger partial charge is 0.480 e. The summed E-state index contributed by atoms with van der Waals surface area (Å²) in [6.45, 7) is 28.6. The minimum Gasteiger partial charge on any atom is -0.480 e. The first-order valence-electron chi connectivity index (χ1n) is 30.1. The van der Waals surface area contributed by atoms with Crippen LogP contribution in [0.25, 0.3) is 44.7 Å². The monoisotopic (exact) mass is 1200 g/mol. The van der Waals surface area contributed by atoms with Crippen LogP contribution in [0.4, 0.5) is 5.69 Å². The molecule has 4 aliphatic rings. The SMILES string of the molecule is C=C1c2c3[nH]c(cc4nc(cc5nc(cc6[nH]c2c(c6C)C(=C)N1CCCC)C(CC)=C5C)C(C(C)OCCCC)=C4C)C(C)(C)[C@]3(C)CCC(=O)Nc1ccc(CC(CN(CCN(CC(=O)O)CC(=O)O)CC(=O)O)N(CC(=O)O)CC(=O)O)cc1. The van der Waals surface area contributed by atoms with Gasteiger partial charge in [0.05, 0.1) is 67.1 Å². The summed E-state index contributed by atoms with van der Waals surface area (Å²) >= 11 is 0. The van der Waals surface area contributed by atoms with E-state index in [-0.39, 0.29) is 44.5 Å². The molecule has 0 radical (unpaired) electrons. The summed E-state index contributed by atoms with van der Waals surface area (Å²) in [5.74, 6) is -6.74. The van der Waals surface area contributed by atoms with Gasteiger partial charge in [0, 0.05) is 107 Å². The summed E-state index contributed by atoms with van der Waals surface area (Å²) in [5, 5.41) is 51.5. The molecule has 4 aliphatic heterocycles. The minimum absolute atomic E-state index is 0.0415. The first-order valence-corrected chi connectivity index (χ1v) is 30.1. The molecule has 21 nitrogen and oxygen atoms in total. The second kappa shape index (κ2) is 28.2. The molecular formula is C66H87N9O12. The van der Waals surface area contributed by atoms with Gasteiger partial charge in [0.15, 0.2) is 0 Å². The standard InChI is InChI=1S/C66H87N9O12/c1-13-16-24-75-41(7)60-39(5)49-29-51-47(15-3)38(4)48(68-51)30-52-61(43(9)87-27-17-14-2)40(6)50(69-52)31-53-65(10,11)66(12,64(71-53)62(42(75)8)63(60)70-49)23-22-54(76)67-45-20-18-44(19-21-45)28-46(74(36-58(83)84)37-59(85)86)32-72(33-55(77)78)25-26-73(34-56(79)80)35-57(81)82/h18-21,29-31,43,46,70-71H,7-8,13-17,22-28,32-37H2,1-6,9-12H3,(H,67,76)(H,77,78)(H,79,80)(H,81,82)(H,83,84)(H,85,86)/t43?,46?,66-/m1/s1. The lowest BCUT2D eigenvalue weighted by Gasteiger charge is -2.41. The van der Waals surface area contributed by atoms with Gasteiger partial charge in [-0.25, -0.2) is 9.97 Å². The molecule has 8 bridgehead atoms. The number of carboxylic acids is 5. The number of anilines is 1. The van der Waals surface area contributed by atoms with Gasteiger partial charge in [-0.15, -0.1) is 0 Å². The number of H-pyrrole nitrogens is 2. The van der Waals surface area contributed by atoms with Crippen molar-refractivity contribution in [2.45, 2.75) is 144 Å². The molecule has 7 rings (SSSR count). The number of nitrogens with one attached hydrogen (secondary N) is 3. The summed E-state index contributed by atoms with van der Waals surface area (Å²) in [7, 11) is 0. The number of rotatable bonds is 31. The van der Waals surface area contributed by atoms with Gasteiger partial charge in [-0.05, 0) is 118 Å². The normalized spacial score (nSPS) is 16.7. The van der Waals surface area contributed by atoms with Crippen molar-refractivity contribution in [3.8, 4) is 0 Å². The smallest absolute Gasteiger partial charge is 0.317 e. The molecule has 0 fully saturated rings. The second-order valence-corrected chi connectivity index (χ2v) is 24.0. The zero-order valence-corrected chi connectivity index (χ0v) is 52.1. The molecule has 0 spiro atoms. The van der Waals surface area contributed by atoms with Crippen molar-refractivity contribution in [2.75, 3.05) is 70.8 Å². The van der Waals surface area contributed by atoms with E-state index in [1.165, 1.54) is 9.80 Å². The average Bonchev–Trinajstić information content (AvgIpc) is 1.58. The Morgan fingerprint density at radius 1 is 0.713 bits per heavy atom. The van der Waals surface area contributed by atoms with Gasteiger partial charge in [-0.1, -0.05) is 79.7 Å². The summed E-state index contributed by atoms with van der Waals surface area (Å²) in [4.78, 5) is 98.4. The summed E-state index contributed by atoms with van der Waals surface area (Å²) < 4.78 is 6.51. The van der Waals surface area contributed by atoms with E-state index < -0.39 is 79.4 Å². The fourth-order valence-electron chi connectivity index (χ4n) is 12.5. The van der Waals surface area contributed by atoms with E-state index in [1.54, 1.807) is 24.3 Å². The molecule has 2 unspecified atom stereocenters. The van der Waals surface area contributed by atoms with E-state index in [1.807, 2.05) is 0 Å². The number of aromatic nitrogens is 4. The fourth-order valence-corrected chi connectivity index (χ4v) is 12.5. The number of allylic oxidation sites excluding steroid dienone is 3. The Labute approximate surface area is 509 Å². The lowest BCUT2D eigenvalue weighted by atomic mass is 9.62. The van der Waals surface area contributed by atoms with Crippen LogP contribution in [0, 0.1) is 6.92 Å². The third-order valence-electron chi connectivity index (χ3n) is 17.8. The minimum atomic E-state index is -1.32. The van der Waals surface area contributed by atoms with Crippen LogP contribution in [0.1, 0.15) is 164 Å². The van der Waals surface area contributed by atoms with E-state index in [2.05, 4.69) is 108 Å². The Bertz CT molecular complexity index is 3430. The number of ether oxygens (including phenoxy) is 1. The maximum absolute atomic E-state index is 14.5. The van der Waals surface area contributed by atoms with Crippen molar-refractivity contribution in [3.05, 3.63) is 112 Å². The van der Waals surface area contributed by atoms with E-state index in [9.17, 15) is 54.3 Å². The van der Waals surface area contributed by atoms with Gasteiger partial charge in [0.1, 0.15) is 0 Å². The number of benzene rings is 1. The van der Waals surface area contributed by atoms with Gasteiger partial charge in [0.25, 0.3) is 0 Å². The molecule has 87 heavy (non-hydrogen) atoms. The van der Waals surface area contributed by atoms with Crippen LogP contribution < -0.4 is 5.32 Å². The van der Waals surface area contributed by atoms with Gasteiger partial charge in [-0.3, -0.25) is 43.5 Å². The van der Waals surface area contributed by atoms with Gasteiger partial charge in [-0.2, -0.15) is 0 Å². The van der Waals surface area contributed by atoms with E-state index in [0.29, 0.717) is 30.8 Å². The number of carbonyl (C=O) groups is 6. The molecule has 8 N–H and O–H groups in total. The predicted octanol–water partition coefficient (Wildman–Crippen LogP) is 9.77. The Morgan fingerprint density at radius 2 is 1.29 bits per heavy atom. The van der Waals surface area contributed by atoms with Crippen LogP contribution in [-0.4, -0.2) is 178 Å². The number of aliphatic carboxylic acids is 5. The van der Waals surface area contributed by atoms with E-state index in [0.717, 1.165) is 133 Å². The number of amides is 1. The second-order valence-electron chi connectivity index (χ2n) is 24.0. The van der Waals surface area contributed by atoms with Crippen molar-refractivity contribution in [1.29, 1.82) is 0 Å². The number of carboxylic acid groups (broad SMARTS) is 5. The number of hydrogen-bond donors (Lipinski definition) is 8. The number of nitrogens with zero attached hydrogens (tertiary/aromatic N) is 6. The molecule has 1 aromatic carbocycles. The third kappa shape index (κ3) is 15.1. The molecule has 21 heteroatoms. The summed E-state index contributed by atoms with van der Waals surface area (Å²) in [6.07, 6.45) is 4.82. The quantitative estimate of drug-likeness (QED) is 0.0278. The summed E-state index contributed by atoms with van der Waals surface area (Å²) in [5.41, 5.74) is 15.4. The number of aromatic amines is 2. The Hall–Kier alpha value is -7.98. The first-order chi connectivity index (χ1) is 41.1. The van der Waals surface area contributed by atoms with Crippen molar-refractivity contribution in [3.63, 3.8) is 0 Å². The average molecular weight is 1200 g/mol. The van der Waals surface area contributed by atoms with Gasteiger partial charge in [0.2, 0.25) is 5.91 Å². The zero-order valence-electron chi connectivity index (χ0n) is 52.1. The van der Waals surface area contributed by atoms with Crippen molar-refractivity contribution < 1.29 is 59.0 Å². The molecule has 3 atom stereocenters. The maximum Gasteiger partial charge on any atom is 0.317 e. The Balaban J connectivity index is 1.28. The highest BCUT2D eigenvalue weighted by Gasteiger charge is 2.51. The lowest BCUT2D eigenvalue weighted by molar-refractivity contribution is -0.144. The molecule has 6 heterocycles. The number of hydrogen-bond acceptors (Lipinski definition) is 13. The van der Waals surface area contributed by atoms with Crippen LogP contribution in [-0.2, 0) is 50.8 Å². The Morgan fingerprint density at radius 3 is 1.89 bits per heavy atom. The van der Waals surface area contributed by atoms with Gasteiger partial charge >= 0.3 is 29.8 Å². The maximum atomic E-state index is 14.5. The lowest BCUT2D eigenvalue weighted by Crippen LogP contribution is -2.51. The number of aryl methyl sites for hydroxylation is 1. The van der Waals surface area contributed by atoms with Crippen molar-refractivity contribution in [1.82, 2.24) is 39.5 Å². The van der Waals surface area contributed by atoms with Crippen LogP contribution in [0.3, 0.4) is 0 Å². The fraction of sp³-hybridized carbons (Fsp3) is 0.485. The van der Waals surface area contributed by atoms with Gasteiger partial charge < -0.3 is 50.5 Å². The van der Waals surface area contributed by atoms with Crippen LogP contribution in [0.5, 0.6) is 0 Å². The molecule has 468 valence electrons. The molecule has 0 saturated carbocycles. The highest BCUT2D eigenvalue weighted by molar-refractivity contribution is 6.01. The molecule has 2 aromatic heterocycles. The molecule has 0 aliphatic carbocycles. The van der Waals surface area contributed by atoms with Crippen LogP contribution in [0.2, 0.25) is 0 Å². The van der Waals surface area contributed by atoms with Crippen molar-refractivity contribution in [2.24, 2.45) is 0 Å². The van der Waals surface area contributed by atoms with Crippen LogP contribution in [0.15, 0.2) is 55.6 Å². The zero-order chi connectivity index (χ0) is 63.8. The molecular weight excluding hydrogens is 1110 g/mol. The van der Waals surface area contributed by atoms with E-state index >= 15 is 0 Å².